The van der Waals surface area contributed by atoms with Gasteiger partial charge in [0.05, 0.1) is 0 Å². The Morgan fingerprint density at radius 3 is 2.25 bits per heavy atom. The van der Waals surface area contributed by atoms with Crippen molar-refractivity contribution in [2.75, 3.05) is 0 Å². The van der Waals surface area contributed by atoms with Crippen molar-refractivity contribution >= 4 is 11.9 Å². The number of hydrogen-bond acceptors (Lipinski definition) is 3. The van der Waals surface area contributed by atoms with Gasteiger partial charge in [0.25, 0.3) is 0 Å². The minimum Gasteiger partial charge on any atom is -0.473 e. The van der Waals surface area contributed by atoms with Gasteiger partial charge in [-0.3, -0.25) is 0 Å². The molecule has 1 aliphatic rings. The minimum absolute atomic E-state index is 0.532. The summed E-state index contributed by atoms with van der Waals surface area (Å²) < 4.78 is 4.82. The Morgan fingerprint density at radius 1 is 1.33 bits per heavy atom. The molecule has 0 heterocycles. The lowest BCUT2D eigenvalue weighted by molar-refractivity contribution is -0.173. The van der Waals surface area contributed by atoms with Crippen molar-refractivity contribution in [2.24, 2.45) is 0 Å². The monoisotopic (exact) mass is 172 g/mol. The van der Waals surface area contributed by atoms with Crippen LogP contribution in [0.1, 0.15) is 32.6 Å². The second-order valence-corrected chi connectivity index (χ2v) is 3.35. The summed E-state index contributed by atoms with van der Waals surface area (Å²) in [5, 5.41) is 8.28. The van der Waals surface area contributed by atoms with Crippen LogP contribution in [-0.4, -0.2) is 22.6 Å². The van der Waals surface area contributed by atoms with Crippen LogP contribution in [0.15, 0.2) is 0 Å². The van der Waals surface area contributed by atoms with Gasteiger partial charge in [-0.25, -0.2) is 9.59 Å². The molecule has 1 fully saturated rings. The van der Waals surface area contributed by atoms with E-state index in [9.17, 15) is 9.59 Å². The fraction of sp³-hybridized carbons (Fsp3) is 0.750. The Balaban J connectivity index is 2.49. The van der Waals surface area contributed by atoms with Crippen molar-refractivity contribution in [3.05, 3.63) is 0 Å². The highest BCUT2D eigenvalue weighted by Gasteiger charge is 2.34. The molecule has 1 aliphatic carbocycles. The largest absolute Gasteiger partial charge is 0.473 e. The molecule has 0 saturated heterocycles. The summed E-state index contributed by atoms with van der Waals surface area (Å²) in [6, 6.07) is 0. The van der Waals surface area contributed by atoms with E-state index in [1.807, 2.05) is 0 Å². The molecule has 1 N–H and O–H groups in total. The Bertz CT molecular complexity index is 203. The van der Waals surface area contributed by atoms with E-state index >= 15 is 0 Å². The van der Waals surface area contributed by atoms with Crippen molar-refractivity contribution in [1.82, 2.24) is 0 Å². The molecule has 4 nitrogen and oxygen atoms in total. The number of carbonyl (C=O) groups excluding carboxylic acids is 1. The van der Waals surface area contributed by atoms with Gasteiger partial charge in [-0.15, -0.1) is 0 Å². The predicted octanol–water partition coefficient (Wildman–Crippen LogP) is 0.947. The van der Waals surface area contributed by atoms with E-state index in [1.165, 1.54) is 0 Å². The van der Waals surface area contributed by atoms with Gasteiger partial charge in [0.2, 0.25) is 0 Å². The average molecular weight is 172 g/mol. The van der Waals surface area contributed by atoms with Gasteiger partial charge >= 0.3 is 11.9 Å². The molecule has 0 aromatic heterocycles. The molecule has 0 spiro atoms. The van der Waals surface area contributed by atoms with Crippen LogP contribution >= 0.6 is 0 Å². The van der Waals surface area contributed by atoms with Crippen LogP contribution < -0.4 is 0 Å². The summed E-state index contributed by atoms with van der Waals surface area (Å²) >= 11 is 0. The van der Waals surface area contributed by atoms with Crippen LogP contribution in [0.25, 0.3) is 0 Å². The molecule has 0 amide bonds. The molecule has 0 aromatic carbocycles. The molecule has 0 bridgehead atoms. The SMILES string of the molecule is CC1(OC(=O)C(=O)O)CCCC1. The van der Waals surface area contributed by atoms with E-state index in [1.54, 1.807) is 6.92 Å². The molecule has 68 valence electrons. The minimum atomic E-state index is -1.51. The fourth-order valence-electron chi connectivity index (χ4n) is 1.49. The zero-order valence-corrected chi connectivity index (χ0v) is 7.00. The molecule has 4 heteroatoms. The predicted molar refractivity (Wildman–Crippen MR) is 40.6 cm³/mol. The molecule has 0 aromatic rings. The van der Waals surface area contributed by atoms with Crippen molar-refractivity contribution in [2.45, 2.75) is 38.2 Å². The van der Waals surface area contributed by atoms with Crippen molar-refractivity contribution < 1.29 is 19.4 Å². The van der Waals surface area contributed by atoms with Crippen LogP contribution in [0.2, 0.25) is 0 Å². The molecule has 12 heavy (non-hydrogen) atoms. The molecular formula is C8H12O4. The number of rotatable bonds is 1. The first-order valence-corrected chi connectivity index (χ1v) is 4.00. The maximum Gasteiger partial charge on any atom is 0.417 e. The second-order valence-electron chi connectivity index (χ2n) is 3.35. The topological polar surface area (TPSA) is 63.6 Å². The number of aliphatic carboxylic acids is 1. The Morgan fingerprint density at radius 2 is 1.83 bits per heavy atom. The van der Waals surface area contributed by atoms with Crippen LogP contribution in [0, 0.1) is 0 Å². The summed E-state index contributed by atoms with van der Waals surface area (Å²) in [6.45, 7) is 1.78. The van der Waals surface area contributed by atoms with Crippen LogP contribution in [0.3, 0.4) is 0 Å². The Kier molecular flexibility index (Phi) is 2.35. The molecule has 1 rings (SSSR count). The summed E-state index contributed by atoms with van der Waals surface area (Å²) in [4.78, 5) is 20.8. The lowest BCUT2D eigenvalue weighted by Gasteiger charge is -2.22. The molecule has 0 radical (unpaired) electrons. The van der Waals surface area contributed by atoms with Gasteiger partial charge in [-0.2, -0.15) is 0 Å². The van der Waals surface area contributed by atoms with Gasteiger partial charge in [-0.1, -0.05) is 0 Å². The lowest BCUT2D eigenvalue weighted by Crippen LogP contribution is -2.31. The van der Waals surface area contributed by atoms with Crippen LogP contribution in [0.5, 0.6) is 0 Å². The number of carboxylic acid groups (broad SMARTS) is 1. The number of carbonyl (C=O) groups is 2. The summed E-state index contributed by atoms with van der Waals surface area (Å²) in [7, 11) is 0. The number of carboxylic acids is 1. The van der Waals surface area contributed by atoms with Gasteiger partial charge in [-0.05, 0) is 32.6 Å². The average Bonchev–Trinajstić information content (AvgIpc) is 2.35. The lowest BCUT2D eigenvalue weighted by atomic mass is 10.1. The van der Waals surface area contributed by atoms with Gasteiger partial charge in [0.1, 0.15) is 5.60 Å². The molecule has 0 aliphatic heterocycles. The van der Waals surface area contributed by atoms with E-state index in [-0.39, 0.29) is 0 Å². The van der Waals surface area contributed by atoms with Gasteiger partial charge in [0, 0.05) is 0 Å². The Labute approximate surface area is 70.5 Å². The van der Waals surface area contributed by atoms with Crippen molar-refractivity contribution in [3.8, 4) is 0 Å². The summed E-state index contributed by atoms with van der Waals surface area (Å²) in [5.74, 6) is -2.65. The summed E-state index contributed by atoms with van der Waals surface area (Å²) in [5.41, 5.74) is -0.532. The zero-order chi connectivity index (χ0) is 9.19. The third kappa shape index (κ3) is 1.96. The second kappa shape index (κ2) is 3.13. The highest BCUT2D eigenvalue weighted by molar-refractivity contribution is 6.28. The number of hydrogen-bond donors (Lipinski definition) is 1. The summed E-state index contributed by atoms with van der Waals surface area (Å²) in [6.07, 6.45) is 3.55. The van der Waals surface area contributed by atoms with Gasteiger partial charge < -0.3 is 9.84 Å². The zero-order valence-electron chi connectivity index (χ0n) is 7.00. The molecule has 1 saturated carbocycles. The van der Waals surface area contributed by atoms with E-state index in [0.717, 1.165) is 25.7 Å². The highest BCUT2D eigenvalue weighted by Crippen LogP contribution is 2.32. The van der Waals surface area contributed by atoms with E-state index in [2.05, 4.69) is 0 Å². The van der Waals surface area contributed by atoms with E-state index < -0.39 is 17.5 Å². The third-order valence-electron chi connectivity index (χ3n) is 2.17. The first-order chi connectivity index (χ1) is 5.53. The molecule has 0 unspecified atom stereocenters. The first-order valence-electron chi connectivity index (χ1n) is 4.00. The standard InChI is InChI=1S/C8H12O4/c1-8(4-2-3-5-8)12-7(11)6(9)10/h2-5H2,1H3,(H,9,10). The third-order valence-corrected chi connectivity index (χ3v) is 2.17. The smallest absolute Gasteiger partial charge is 0.417 e. The Hall–Kier alpha value is -1.06. The van der Waals surface area contributed by atoms with Gasteiger partial charge in [0.15, 0.2) is 0 Å². The maximum absolute atomic E-state index is 10.7. The first kappa shape index (κ1) is 9.03. The van der Waals surface area contributed by atoms with Crippen LogP contribution in [-0.2, 0) is 14.3 Å². The fourth-order valence-corrected chi connectivity index (χ4v) is 1.49. The van der Waals surface area contributed by atoms with Crippen molar-refractivity contribution in [1.29, 1.82) is 0 Å². The maximum atomic E-state index is 10.7. The molecular weight excluding hydrogens is 160 g/mol. The number of ether oxygens (including phenoxy) is 1. The highest BCUT2D eigenvalue weighted by atomic mass is 16.6. The normalized spacial score (nSPS) is 20.4. The quantitative estimate of drug-likeness (QED) is 0.472. The van der Waals surface area contributed by atoms with E-state index in [4.69, 9.17) is 9.84 Å². The van der Waals surface area contributed by atoms with Crippen LogP contribution in [0.4, 0.5) is 0 Å². The van der Waals surface area contributed by atoms with Crippen molar-refractivity contribution in [3.63, 3.8) is 0 Å². The number of esters is 1. The molecule has 0 atom stereocenters. The van der Waals surface area contributed by atoms with E-state index in [0.29, 0.717) is 0 Å².